The minimum atomic E-state index is -2.10. The van der Waals surface area contributed by atoms with Crippen LogP contribution in [0.1, 0.15) is 26.7 Å². The number of carboxylic acids is 1. The molecule has 0 radical (unpaired) electrons. The first-order valence-corrected chi connectivity index (χ1v) is 16.0. The van der Waals surface area contributed by atoms with E-state index in [9.17, 15) is 65.4 Å². The summed E-state index contributed by atoms with van der Waals surface area (Å²) in [6.45, 7) is 1.54. The van der Waals surface area contributed by atoms with Crippen LogP contribution in [0, 0.1) is 0 Å². The highest BCUT2D eigenvalue weighted by Gasteiger charge is 2.52. The van der Waals surface area contributed by atoms with Gasteiger partial charge in [-0.2, -0.15) is 0 Å². The van der Waals surface area contributed by atoms with Gasteiger partial charge in [-0.1, -0.05) is 0 Å². The second kappa shape index (κ2) is 15.3. The molecular weight excluding hydrogens is 716 g/mol. The summed E-state index contributed by atoms with van der Waals surface area (Å²) in [6.07, 6.45) is -19.7. The number of carboxylic acid groups (broad SMARTS) is 1. The van der Waals surface area contributed by atoms with Gasteiger partial charge in [-0.3, -0.25) is 14.4 Å². The lowest BCUT2D eigenvalue weighted by atomic mass is 9.97. The second-order valence-electron chi connectivity index (χ2n) is 13.0. The van der Waals surface area contributed by atoms with Crippen molar-refractivity contribution >= 4 is 22.9 Å². The molecule has 3 heterocycles. The standard InChI is InChI=1S/C33H38O20/c1-11-22(41)25(44)27(46)31(49-11)53-30-26(45)23(42)18(10-48-20(40)9-33(2,47)8-19(38)39)51-32(30)52-29-24(43)21-16(37)6-13(34)7-17(21)50-28(29)12-3-4-14(35)15(36)5-12/h3-7,11,18,22-23,25-27,30-32,34-37,41-42,44-47H,8-10H2,1-2H3,(H,38,39)/t11-,18+,22-,23-,25+,26-,27+,30+,31-,32-,33-/m0/s1. The molecule has 20 nitrogen and oxygen atoms in total. The number of hydrogen-bond acceptors (Lipinski definition) is 19. The Morgan fingerprint density at radius 3 is 2.19 bits per heavy atom. The summed E-state index contributed by atoms with van der Waals surface area (Å²) in [5.41, 5.74) is -3.65. The van der Waals surface area contributed by atoms with Gasteiger partial charge in [-0.25, -0.2) is 0 Å². The molecule has 2 aliphatic heterocycles. The van der Waals surface area contributed by atoms with E-state index in [1.165, 1.54) is 13.0 Å². The van der Waals surface area contributed by atoms with E-state index in [-0.39, 0.29) is 11.1 Å². The number of rotatable bonds is 11. The van der Waals surface area contributed by atoms with Crippen molar-refractivity contribution in [2.45, 2.75) is 93.7 Å². The van der Waals surface area contributed by atoms with Crippen LogP contribution in [0.2, 0.25) is 0 Å². The molecule has 11 N–H and O–H groups in total. The van der Waals surface area contributed by atoms with Gasteiger partial charge in [0, 0.05) is 17.7 Å². The fraction of sp³-hybridized carbons (Fsp3) is 0.485. The molecule has 11 atom stereocenters. The van der Waals surface area contributed by atoms with E-state index in [4.69, 9.17) is 33.2 Å². The Bertz CT molecular complexity index is 1890. The first-order chi connectivity index (χ1) is 24.8. The quantitative estimate of drug-likeness (QED) is 0.0782. The Hall–Kier alpha value is -4.77. The molecule has 2 saturated heterocycles. The number of aliphatic carboxylic acids is 1. The molecule has 1 aromatic heterocycles. The van der Waals surface area contributed by atoms with E-state index in [2.05, 4.69) is 0 Å². The average molecular weight is 755 g/mol. The summed E-state index contributed by atoms with van der Waals surface area (Å²) < 4.78 is 33.9. The van der Waals surface area contributed by atoms with Crippen LogP contribution in [0.4, 0.5) is 0 Å². The first-order valence-electron chi connectivity index (χ1n) is 16.0. The van der Waals surface area contributed by atoms with Gasteiger partial charge in [0.25, 0.3) is 0 Å². The number of hydrogen-bond donors (Lipinski definition) is 11. The number of carbonyl (C=O) groups excluding carboxylic acids is 1. The number of aliphatic hydroxyl groups excluding tert-OH is 5. The molecule has 2 aliphatic rings. The molecule has 0 spiro atoms. The Balaban J connectivity index is 1.55. The number of carbonyl (C=O) groups is 2. The lowest BCUT2D eigenvalue weighted by Gasteiger charge is -2.45. The van der Waals surface area contributed by atoms with Crippen LogP contribution in [0.15, 0.2) is 39.5 Å². The smallest absolute Gasteiger partial charge is 0.308 e. The largest absolute Gasteiger partial charge is 0.508 e. The molecule has 5 rings (SSSR count). The number of benzene rings is 2. The van der Waals surface area contributed by atoms with Crippen molar-refractivity contribution in [2.24, 2.45) is 0 Å². The zero-order valence-corrected chi connectivity index (χ0v) is 27.9. The Morgan fingerprint density at radius 1 is 0.830 bits per heavy atom. The molecule has 0 unspecified atom stereocenters. The third-order valence-electron chi connectivity index (χ3n) is 8.60. The van der Waals surface area contributed by atoms with Gasteiger partial charge in [-0.05, 0) is 32.0 Å². The van der Waals surface area contributed by atoms with Gasteiger partial charge in [0.1, 0.15) is 65.7 Å². The SMILES string of the molecule is C[C@@H]1O[C@@H](O[C@H]2[C@H](Oc3c(-c4ccc(O)c(O)c4)oc4cc(O)cc(O)c4c3=O)O[C@H](COC(=O)C[C@@](C)(O)CC(=O)O)[C@H](O)[C@@H]2O)[C@H](O)[C@H](O)[C@H]1O. The van der Waals surface area contributed by atoms with Crippen molar-refractivity contribution in [1.82, 2.24) is 0 Å². The highest BCUT2D eigenvalue weighted by atomic mass is 16.8. The van der Waals surface area contributed by atoms with Crippen LogP contribution in [-0.2, 0) is 28.5 Å². The highest BCUT2D eigenvalue weighted by molar-refractivity contribution is 5.88. The van der Waals surface area contributed by atoms with E-state index in [0.29, 0.717) is 0 Å². The number of esters is 1. The predicted molar refractivity (Wildman–Crippen MR) is 172 cm³/mol. The molecule has 0 bridgehead atoms. The molecule has 53 heavy (non-hydrogen) atoms. The van der Waals surface area contributed by atoms with E-state index < -0.39 is 144 Å². The zero-order valence-electron chi connectivity index (χ0n) is 27.9. The van der Waals surface area contributed by atoms with Gasteiger partial charge in [0.15, 0.2) is 29.7 Å². The Morgan fingerprint density at radius 2 is 1.53 bits per heavy atom. The van der Waals surface area contributed by atoms with Crippen molar-refractivity contribution in [3.63, 3.8) is 0 Å². The lowest BCUT2D eigenvalue weighted by molar-refractivity contribution is -0.354. The molecule has 0 amide bonds. The van der Waals surface area contributed by atoms with E-state index in [1.807, 2.05) is 0 Å². The highest BCUT2D eigenvalue weighted by Crippen LogP contribution is 2.40. The fourth-order valence-electron chi connectivity index (χ4n) is 5.84. The molecular formula is C33H38O20. The van der Waals surface area contributed by atoms with Crippen LogP contribution in [0.25, 0.3) is 22.3 Å². The maximum atomic E-state index is 14.0. The molecule has 0 saturated carbocycles. The molecule has 2 aromatic carbocycles. The molecule has 20 heteroatoms. The average Bonchev–Trinajstić information content (AvgIpc) is 3.06. The number of aliphatic hydroxyl groups is 6. The van der Waals surface area contributed by atoms with Crippen molar-refractivity contribution in [3.05, 3.63) is 40.6 Å². The minimum Gasteiger partial charge on any atom is -0.508 e. The van der Waals surface area contributed by atoms with E-state index >= 15 is 0 Å². The third kappa shape index (κ3) is 8.40. The van der Waals surface area contributed by atoms with Crippen molar-refractivity contribution in [3.8, 4) is 40.1 Å². The third-order valence-corrected chi connectivity index (χ3v) is 8.60. The Kier molecular flexibility index (Phi) is 11.4. The van der Waals surface area contributed by atoms with E-state index in [1.54, 1.807) is 0 Å². The van der Waals surface area contributed by atoms with Crippen LogP contribution >= 0.6 is 0 Å². The summed E-state index contributed by atoms with van der Waals surface area (Å²) >= 11 is 0. The summed E-state index contributed by atoms with van der Waals surface area (Å²) in [7, 11) is 0. The number of fused-ring (bicyclic) bond motifs is 1. The van der Waals surface area contributed by atoms with Gasteiger partial charge in [0.2, 0.25) is 17.5 Å². The van der Waals surface area contributed by atoms with Crippen molar-refractivity contribution in [2.75, 3.05) is 6.61 Å². The number of phenolic OH excluding ortho intramolecular Hbond substituents is 4. The maximum Gasteiger partial charge on any atom is 0.308 e. The number of phenols is 4. The van der Waals surface area contributed by atoms with Gasteiger partial charge in [-0.15, -0.1) is 0 Å². The second-order valence-corrected chi connectivity index (χ2v) is 13.0. The molecule has 3 aromatic rings. The lowest BCUT2D eigenvalue weighted by Crippen LogP contribution is -2.64. The van der Waals surface area contributed by atoms with Crippen LogP contribution < -0.4 is 10.2 Å². The first kappa shape index (κ1) is 39.4. The molecule has 0 aliphatic carbocycles. The zero-order chi connectivity index (χ0) is 39.1. The van der Waals surface area contributed by atoms with Crippen molar-refractivity contribution < 1.29 is 93.9 Å². The minimum absolute atomic E-state index is 0.123. The summed E-state index contributed by atoms with van der Waals surface area (Å²) in [5, 5.41) is 113. The summed E-state index contributed by atoms with van der Waals surface area (Å²) in [5.74, 6) is -6.37. The topological polar surface area (TPSA) is 333 Å². The normalized spacial score (nSPS) is 30.0. The van der Waals surface area contributed by atoms with Gasteiger partial charge >= 0.3 is 11.9 Å². The molecule has 2 fully saturated rings. The van der Waals surface area contributed by atoms with Gasteiger partial charge in [0.05, 0.1) is 24.5 Å². The molecule has 290 valence electrons. The fourth-order valence-corrected chi connectivity index (χ4v) is 5.84. The van der Waals surface area contributed by atoms with E-state index in [0.717, 1.165) is 31.2 Å². The maximum absolute atomic E-state index is 14.0. The van der Waals surface area contributed by atoms with Crippen molar-refractivity contribution in [1.29, 1.82) is 0 Å². The summed E-state index contributed by atoms with van der Waals surface area (Å²) in [4.78, 5) is 37.6. The summed E-state index contributed by atoms with van der Waals surface area (Å²) in [6, 6.07) is 4.98. The van der Waals surface area contributed by atoms with Crippen LogP contribution in [0.5, 0.6) is 28.7 Å². The number of ether oxygens (including phenoxy) is 5. The van der Waals surface area contributed by atoms with Crippen LogP contribution in [0.3, 0.4) is 0 Å². The Labute approximate surface area is 297 Å². The van der Waals surface area contributed by atoms with Gasteiger partial charge < -0.3 is 84.3 Å². The number of aromatic hydroxyl groups is 4. The van der Waals surface area contributed by atoms with Crippen LogP contribution in [-0.4, -0.2) is 142 Å². The predicted octanol–water partition coefficient (Wildman–Crippen LogP) is -1.52. The monoisotopic (exact) mass is 754 g/mol.